The van der Waals surface area contributed by atoms with Gasteiger partial charge in [-0.15, -0.1) is 0 Å². The maximum absolute atomic E-state index is 6.33. The number of halogens is 5. The van der Waals surface area contributed by atoms with Crippen LogP contribution < -0.4 is 0 Å². The lowest BCUT2D eigenvalue weighted by atomic mass is 10.2. The molecule has 0 bridgehead atoms. The molecule has 0 aliphatic carbocycles. The number of rotatable bonds is 6. The summed E-state index contributed by atoms with van der Waals surface area (Å²) in [5.74, 6) is 0. The number of alkyl halides is 5. The molecule has 0 saturated heterocycles. The molecule has 1 rings (SSSR count). The molecule has 0 aromatic rings. The van der Waals surface area contributed by atoms with Gasteiger partial charge in [-0.3, -0.25) is 5.01 Å². The zero-order valence-corrected chi connectivity index (χ0v) is 14.7. The number of hydrogen-bond donors (Lipinski definition) is 0. The quantitative estimate of drug-likeness (QED) is 0.636. The number of nitrogens with zero attached hydrogens (tertiary/aromatic N) is 3. The molecular formula is C11H18Cl5N3. The Morgan fingerprint density at radius 2 is 1.68 bits per heavy atom. The van der Waals surface area contributed by atoms with Crippen LogP contribution in [0.5, 0.6) is 0 Å². The average molecular weight is 370 g/mol. The van der Waals surface area contributed by atoms with E-state index in [1.54, 1.807) is 11.3 Å². The molecule has 0 N–H and O–H groups in total. The predicted molar refractivity (Wildman–Crippen MR) is 85.6 cm³/mol. The molecule has 3 nitrogen and oxygen atoms in total. The van der Waals surface area contributed by atoms with Crippen molar-refractivity contribution in [3.63, 3.8) is 0 Å². The Hall–Kier alpha value is 0.720. The summed E-state index contributed by atoms with van der Waals surface area (Å²) in [6.45, 7) is 5.62. The van der Waals surface area contributed by atoms with Gasteiger partial charge in [-0.05, 0) is 12.8 Å². The number of hydrogen-bond acceptors (Lipinski definition) is 3. The van der Waals surface area contributed by atoms with E-state index in [-0.39, 0.29) is 0 Å². The fraction of sp³-hybridized carbons (Fsp3) is 0.909. The maximum atomic E-state index is 6.33. The van der Waals surface area contributed by atoms with Gasteiger partial charge in [0.15, 0.2) is 6.17 Å². The van der Waals surface area contributed by atoms with Gasteiger partial charge >= 0.3 is 0 Å². The lowest BCUT2D eigenvalue weighted by molar-refractivity contribution is 0.114. The van der Waals surface area contributed by atoms with Crippen LogP contribution in [0, 0.1) is 0 Å². The first-order valence-corrected chi connectivity index (χ1v) is 8.15. The Kier molecular flexibility index (Phi) is 6.67. The molecule has 0 saturated carbocycles. The third-order valence-electron chi connectivity index (χ3n) is 2.87. The summed E-state index contributed by atoms with van der Waals surface area (Å²) >= 11 is 30.4. The first-order valence-electron chi connectivity index (χ1n) is 6.26. The molecule has 1 unspecified atom stereocenters. The molecule has 1 atom stereocenters. The zero-order chi connectivity index (χ0) is 14.7. The molecule has 0 fully saturated rings. The Morgan fingerprint density at radius 1 is 1.05 bits per heavy atom. The molecule has 0 radical (unpaired) electrons. The molecule has 0 aromatic heterocycles. The maximum Gasteiger partial charge on any atom is 0.227 e. The van der Waals surface area contributed by atoms with Gasteiger partial charge in [0.2, 0.25) is 8.13 Å². The van der Waals surface area contributed by atoms with Gasteiger partial charge in [-0.2, -0.15) is 5.10 Å². The topological polar surface area (TPSA) is 18.8 Å². The van der Waals surface area contributed by atoms with Gasteiger partial charge in [0, 0.05) is 13.1 Å². The highest BCUT2D eigenvalue weighted by molar-refractivity contribution is 6.75. The van der Waals surface area contributed by atoms with E-state index in [0.717, 1.165) is 32.4 Å². The number of hydrazone groups is 1. The van der Waals surface area contributed by atoms with E-state index < -0.39 is 14.3 Å². The van der Waals surface area contributed by atoms with E-state index in [9.17, 15) is 0 Å². The molecule has 0 amide bonds. The van der Waals surface area contributed by atoms with Crippen molar-refractivity contribution in [2.75, 3.05) is 13.1 Å². The molecule has 0 spiro atoms. The van der Waals surface area contributed by atoms with Crippen molar-refractivity contribution >= 4 is 64.3 Å². The third-order valence-corrected chi connectivity index (χ3v) is 5.30. The molecule has 0 aromatic carbocycles. The molecular weight excluding hydrogens is 351 g/mol. The van der Waals surface area contributed by atoms with Gasteiger partial charge in [0.05, 0.1) is 0 Å². The summed E-state index contributed by atoms with van der Waals surface area (Å²) in [5.41, 5.74) is 0. The van der Waals surface area contributed by atoms with Crippen LogP contribution in [-0.4, -0.2) is 43.6 Å². The van der Waals surface area contributed by atoms with Crippen molar-refractivity contribution in [3.05, 3.63) is 0 Å². The van der Waals surface area contributed by atoms with Crippen molar-refractivity contribution in [1.29, 1.82) is 0 Å². The first kappa shape index (κ1) is 17.8. The van der Waals surface area contributed by atoms with Crippen LogP contribution in [0.3, 0.4) is 0 Å². The molecule has 19 heavy (non-hydrogen) atoms. The van der Waals surface area contributed by atoms with Crippen LogP contribution in [0.15, 0.2) is 5.10 Å². The summed E-state index contributed by atoms with van der Waals surface area (Å²) in [5, 5.41) is 6.12. The van der Waals surface area contributed by atoms with Gasteiger partial charge < -0.3 is 4.90 Å². The summed E-state index contributed by atoms with van der Waals surface area (Å²) < 4.78 is -3.37. The van der Waals surface area contributed by atoms with Crippen molar-refractivity contribution in [1.82, 2.24) is 9.91 Å². The lowest BCUT2D eigenvalue weighted by Gasteiger charge is -2.41. The van der Waals surface area contributed by atoms with Crippen molar-refractivity contribution in [3.8, 4) is 0 Å². The minimum Gasteiger partial charge on any atom is -0.337 e. The van der Waals surface area contributed by atoms with Crippen LogP contribution >= 0.6 is 58.0 Å². The van der Waals surface area contributed by atoms with E-state index in [1.165, 1.54) is 0 Å². The second-order valence-corrected chi connectivity index (χ2v) is 8.15. The lowest BCUT2D eigenvalue weighted by Crippen LogP contribution is -2.57. The van der Waals surface area contributed by atoms with E-state index in [0.29, 0.717) is 0 Å². The van der Waals surface area contributed by atoms with E-state index >= 15 is 0 Å². The molecule has 1 aliphatic rings. The van der Waals surface area contributed by atoms with Crippen LogP contribution in [0.2, 0.25) is 0 Å². The van der Waals surface area contributed by atoms with Gasteiger partial charge in [0.25, 0.3) is 0 Å². The minimum absolute atomic E-state index is 0.477. The highest BCUT2D eigenvalue weighted by Crippen LogP contribution is 2.50. The Labute approximate surface area is 139 Å². The fourth-order valence-corrected chi connectivity index (χ4v) is 2.68. The first-order chi connectivity index (χ1) is 8.75. The predicted octanol–water partition coefficient (Wildman–Crippen LogP) is 4.63. The van der Waals surface area contributed by atoms with Crippen molar-refractivity contribution in [2.24, 2.45) is 5.10 Å². The normalized spacial score (nSPS) is 20.5. The highest BCUT2D eigenvalue weighted by Gasteiger charge is 2.57. The summed E-state index contributed by atoms with van der Waals surface area (Å²) in [4.78, 5) is 1.91. The van der Waals surface area contributed by atoms with E-state index in [1.807, 2.05) is 4.90 Å². The smallest absolute Gasteiger partial charge is 0.227 e. The molecule has 1 heterocycles. The monoisotopic (exact) mass is 367 g/mol. The molecule has 1 aliphatic heterocycles. The standard InChI is InChI=1S/C11H18Cl5N3/c1-3-5-7-19-9(10(12,13)11(14,15)16)18(6-4-2)8-17-19/h8-9H,3-7H2,1-2H3. The Balaban J connectivity index is 2.93. The van der Waals surface area contributed by atoms with Crippen LogP contribution in [0.4, 0.5) is 0 Å². The zero-order valence-electron chi connectivity index (χ0n) is 10.9. The fourth-order valence-electron chi connectivity index (χ4n) is 1.91. The van der Waals surface area contributed by atoms with Gasteiger partial charge in [-0.1, -0.05) is 78.3 Å². The Bertz CT molecular complexity index is 316. The minimum atomic E-state index is -1.80. The third kappa shape index (κ3) is 4.10. The van der Waals surface area contributed by atoms with Crippen LogP contribution in [0.1, 0.15) is 33.1 Å². The van der Waals surface area contributed by atoms with Gasteiger partial charge in [0.1, 0.15) is 6.34 Å². The molecule has 112 valence electrons. The highest BCUT2D eigenvalue weighted by atomic mass is 35.6. The summed E-state index contributed by atoms with van der Waals surface area (Å²) in [7, 11) is 0. The summed E-state index contributed by atoms with van der Waals surface area (Å²) in [6, 6.07) is 0. The van der Waals surface area contributed by atoms with Crippen molar-refractivity contribution in [2.45, 2.75) is 47.4 Å². The van der Waals surface area contributed by atoms with Crippen LogP contribution in [0.25, 0.3) is 0 Å². The van der Waals surface area contributed by atoms with Crippen molar-refractivity contribution < 1.29 is 0 Å². The SMILES string of the molecule is CCCCN1N=CN(CCC)C1C(Cl)(Cl)C(Cl)(Cl)Cl. The second-order valence-electron chi connectivity index (χ2n) is 4.48. The Morgan fingerprint density at radius 3 is 2.16 bits per heavy atom. The second kappa shape index (κ2) is 7.13. The van der Waals surface area contributed by atoms with Crippen LogP contribution in [-0.2, 0) is 0 Å². The average Bonchev–Trinajstić information content (AvgIpc) is 2.69. The largest absolute Gasteiger partial charge is 0.337 e. The molecule has 8 heteroatoms. The van der Waals surface area contributed by atoms with E-state index in [4.69, 9.17) is 58.0 Å². The number of unbranched alkanes of at least 4 members (excludes halogenated alkanes) is 1. The van der Waals surface area contributed by atoms with Gasteiger partial charge in [-0.25, -0.2) is 0 Å². The summed E-state index contributed by atoms with van der Waals surface area (Å²) in [6.07, 6.45) is 4.16. The van der Waals surface area contributed by atoms with E-state index in [2.05, 4.69) is 18.9 Å².